The van der Waals surface area contributed by atoms with Crippen molar-refractivity contribution in [3.8, 4) is 0 Å². The molecule has 2 fully saturated rings. The molecule has 0 aromatic carbocycles. The molecule has 3 unspecified atom stereocenters. The zero-order valence-corrected chi connectivity index (χ0v) is 9.32. The zero-order chi connectivity index (χ0) is 10.3. The van der Waals surface area contributed by atoms with Gasteiger partial charge in [0.25, 0.3) is 0 Å². The normalized spacial score (nSPS) is 33.8. The molecule has 3 heteroatoms. The molecule has 82 valence electrons. The van der Waals surface area contributed by atoms with E-state index in [1.807, 2.05) is 12.4 Å². The highest BCUT2D eigenvalue weighted by Gasteiger charge is 2.39. The van der Waals surface area contributed by atoms with Gasteiger partial charge in [-0.05, 0) is 31.1 Å². The van der Waals surface area contributed by atoms with E-state index >= 15 is 0 Å². The number of nitrogens with zero attached hydrogens (tertiary/aromatic N) is 2. The van der Waals surface area contributed by atoms with Gasteiger partial charge in [0.05, 0.1) is 6.54 Å². The number of aryl methyl sites for hydroxylation is 1. The summed E-state index contributed by atoms with van der Waals surface area (Å²) in [6.07, 6.45) is 9.68. The van der Waals surface area contributed by atoms with Crippen LogP contribution in [0, 0.1) is 11.8 Å². The van der Waals surface area contributed by atoms with E-state index in [0.29, 0.717) is 0 Å². The quantitative estimate of drug-likeness (QED) is 0.814. The van der Waals surface area contributed by atoms with Crippen LogP contribution in [0.3, 0.4) is 0 Å². The Balaban J connectivity index is 1.57. The third-order valence-corrected chi connectivity index (χ3v) is 4.18. The summed E-state index contributed by atoms with van der Waals surface area (Å²) in [5, 5.41) is 3.67. The largest absolute Gasteiger partial charge is 0.337 e. The van der Waals surface area contributed by atoms with Crippen molar-refractivity contribution >= 4 is 0 Å². The molecule has 0 amide bonds. The molecule has 0 spiro atoms. The average molecular weight is 205 g/mol. The van der Waals surface area contributed by atoms with Crippen LogP contribution >= 0.6 is 0 Å². The summed E-state index contributed by atoms with van der Waals surface area (Å²) in [5.41, 5.74) is 0. The molecule has 15 heavy (non-hydrogen) atoms. The van der Waals surface area contributed by atoms with Crippen LogP contribution in [0.1, 0.15) is 31.5 Å². The first-order valence-electron chi connectivity index (χ1n) is 6.02. The van der Waals surface area contributed by atoms with Crippen LogP contribution in [0.5, 0.6) is 0 Å². The van der Waals surface area contributed by atoms with Gasteiger partial charge in [0.1, 0.15) is 5.82 Å². The number of hydrogen-bond acceptors (Lipinski definition) is 2. The minimum Gasteiger partial charge on any atom is -0.337 e. The van der Waals surface area contributed by atoms with E-state index < -0.39 is 0 Å². The van der Waals surface area contributed by atoms with Crippen LogP contribution < -0.4 is 5.32 Å². The lowest BCUT2D eigenvalue weighted by molar-refractivity contribution is 0.346. The molecule has 3 rings (SSSR count). The fourth-order valence-electron chi connectivity index (χ4n) is 3.28. The highest BCUT2D eigenvalue weighted by Crippen LogP contribution is 2.44. The van der Waals surface area contributed by atoms with Gasteiger partial charge in [0.2, 0.25) is 0 Å². The summed E-state index contributed by atoms with van der Waals surface area (Å²) in [4.78, 5) is 4.34. The predicted octanol–water partition coefficient (Wildman–Crippen LogP) is 1.70. The Labute approximate surface area is 90.9 Å². The average Bonchev–Trinajstić information content (AvgIpc) is 2.90. The first-order valence-corrected chi connectivity index (χ1v) is 6.02. The maximum atomic E-state index is 4.34. The van der Waals surface area contributed by atoms with Crippen LogP contribution in [0.25, 0.3) is 0 Å². The molecule has 3 atom stereocenters. The second kappa shape index (κ2) is 3.63. The number of aromatic nitrogens is 2. The van der Waals surface area contributed by atoms with E-state index in [9.17, 15) is 0 Å². The third-order valence-electron chi connectivity index (χ3n) is 4.18. The smallest absolute Gasteiger partial charge is 0.122 e. The van der Waals surface area contributed by atoms with Crippen molar-refractivity contribution in [2.24, 2.45) is 18.9 Å². The summed E-state index contributed by atoms with van der Waals surface area (Å²) in [6, 6.07) is 0.764. The molecule has 1 heterocycles. The van der Waals surface area contributed by atoms with Crippen molar-refractivity contribution in [1.82, 2.24) is 14.9 Å². The molecule has 2 aliphatic carbocycles. The van der Waals surface area contributed by atoms with Crippen molar-refractivity contribution in [3.05, 3.63) is 18.2 Å². The standard InChI is InChI=1S/C12H19N3/c1-15-5-4-13-12(15)8-14-11-7-9-2-3-10(11)6-9/h4-5,9-11,14H,2-3,6-8H2,1H3. The fraction of sp³-hybridized carbons (Fsp3) is 0.750. The van der Waals surface area contributed by atoms with Crippen molar-refractivity contribution in [3.63, 3.8) is 0 Å². The number of fused-ring (bicyclic) bond motifs is 2. The minimum absolute atomic E-state index is 0.764. The Bertz CT molecular complexity index is 344. The van der Waals surface area contributed by atoms with E-state index in [1.165, 1.54) is 25.7 Å². The van der Waals surface area contributed by atoms with E-state index in [1.54, 1.807) is 0 Å². The van der Waals surface area contributed by atoms with Crippen LogP contribution in [0.2, 0.25) is 0 Å². The summed E-state index contributed by atoms with van der Waals surface area (Å²) < 4.78 is 2.10. The zero-order valence-electron chi connectivity index (χ0n) is 9.32. The van der Waals surface area contributed by atoms with E-state index in [-0.39, 0.29) is 0 Å². The molecule has 2 aliphatic rings. The molecular formula is C12H19N3. The van der Waals surface area contributed by atoms with Gasteiger partial charge in [0.15, 0.2) is 0 Å². The highest BCUT2D eigenvalue weighted by atomic mass is 15.1. The van der Waals surface area contributed by atoms with Gasteiger partial charge in [0, 0.05) is 25.5 Å². The summed E-state index contributed by atoms with van der Waals surface area (Å²) in [6.45, 7) is 0.928. The summed E-state index contributed by atoms with van der Waals surface area (Å²) in [7, 11) is 2.06. The lowest BCUT2D eigenvalue weighted by atomic mass is 9.95. The van der Waals surface area contributed by atoms with Crippen molar-refractivity contribution in [2.45, 2.75) is 38.3 Å². The van der Waals surface area contributed by atoms with E-state index in [2.05, 4.69) is 21.9 Å². The Morgan fingerprint density at radius 2 is 2.40 bits per heavy atom. The Hall–Kier alpha value is -0.830. The van der Waals surface area contributed by atoms with Gasteiger partial charge < -0.3 is 9.88 Å². The monoisotopic (exact) mass is 205 g/mol. The molecule has 2 saturated carbocycles. The Morgan fingerprint density at radius 3 is 3.00 bits per heavy atom. The van der Waals surface area contributed by atoms with Crippen LogP contribution in [0.4, 0.5) is 0 Å². The molecule has 0 aliphatic heterocycles. The van der Waals surface area contributed by atoms with Crippen molar-refractivity contribution in [2.75, 3.05) is 0 Å². The lowest BCUT2D eigenvalue weighted by Gasteiger charge is -2.22. The molecule has 1 N–H and O–H groups in total. The number of nitrogens with one attached hydrogen (secondary N) is 1. The molecule has 1 aromatic rings. The number of hydrogen-bond donors (Lipinski definition) is 1. The SMILES string of the molecule is Cn1ccnc1CNC1CC2CCC1C2. The first kappa shape index (κ1) is 9.40. The van der Waals surface area contributed by atoms with E-state index in [4.69, 9.17) is 0 Å². The van der Waals surface area contributed by atoms with Gasteiger partial charge in [-0.1, -0.05) is 6.42 Å². The van der Waals surface area contributed by atoms with Gasteiger partial charge in [-0.3, -0.25) is 0 Å². The fourth-order valence-corrected chi connectivity index (χ4v) is 3.28. The molecule has 1 aromatic heterocycles. The number of imidazole rings is 1. The molecule has 2 bridgehead atoms. The first-order chi connectivity index (χ1) is 7.33. The number of rotatable bonds is 3. The van der Waals surface area contributed by atoms with Gasteiger partial charge in [-0.2, -0.15) is 0 Å². The minimum atomic E-state index is 0.764. The molecule has 0 radical (unpaired) electrons. The highest BCUT2D eigenvalue weighted by molar-refractivity contribution is 4.96. The molecule has 3 nitrogen and oxygen atoms in total. The van der Waals surface area contributed by atoms with Gasteiger partial charge in [-0.25, -0.2) is 4.98 Å². The van der Waals surface area contributed by atoms with Gasteiger partial charge >= 0.3 is 0 Å². The van der Waals surface area contributed by atoms with Crippen molar-refractivity contribution < 1.29 is 0 Å². The predicted molar refractivity (Wildman–Crippen MR) is 59.3 cm³/mol. The van der Waals surface area contributed by atoms with Crippen LogP contribution in [-0.2, 0) is 13.6 Å². The topological polar surface area (TPSA) is 29.9 Å². The van der Waals surface area contributed by atoms with Crippen LogP contribution in [0.15, 0.2) is 12.4 Å². The second-order valence-corrected chi connectivity index (χ2v) is 5.12. The maximum absolute atomic E-state index is 4.34. The summed E-state index contributed by atoms with van der Waals surface area (Å²) >= 11 is 0. The Morgan fingerprint density at radius 1 is 1.47 bits per heavy atom. The second-order valence-electron chi connectivity index (χ2n) is 5.12. The van der Waals surface area contributed by atoms with Gasteiger partial charge in [-0.15, -0.1) is 0 Å². The third kappa shape index (κ3) is 1.69. The van der Waals surface area contributed by atoms with E-state index in [0.717, 1.165) is 30.2 Å². The maximum Gasteiger partial charge on any atom is 0.122 e. The molecular weight excluding hydrogens is 186 g/mol. The van der Waals surface area contributed by atoms with Crippen molar-refractivity contribution in [1.29, 1.82) is 0 Å². The lowest BCUT2D eigenvalue weighted by Crippen LogP contribution is -2.34. The summed E-state index contributed by atoms with van der Waals surface area (Å²) in [5.74, 6) is 3.13. The Kier molecular flexibility index (Phi) is 2.28. The van der Waals surface area contributed by atoms with Crippen LogP contribution in [-0.4, -0.2) is 15.6 Å². The molecule has 0 saturated heterocycles.